The van der Waals surface area contributed by atoms with Crippen LogP contribution in [0.2, 0.25) is 0 Å². The number of hydrogen-bond donors (Lipinski definition) is 1. The Kier molecular flexibility index (Phi) is 4.83. The largest absolute Gasteiger partial charge is 0.487 e. The third-order valence-electron chi connectivity index (χ3n) is 3.41. The van der Waals surface area contributed by atoms with Crippen LogP contribution in [0.4, 0.5) is 5.00 Å². The second kappa shape index (κ2) is 6.43. The van der Waals surface area contributed by atoms with Crippen LogP contribution in [0.25, 0.3) is 0 Å². The Balaban J connectivity index is 2.23. The lowest BCUT2D eigenvalue weighted by Gasteiger charge is -2.23. The molecule has 0 amide bonds. The molecule has 1 aromatic carbocycles. The second-order valence-corrected chi connectivity index (χ2v) is 6.78. The van der Waals surface area contributed by atoms with Gasteiger partial charge in [-0.05, 0) is 29.0 Å². The Labute approximate surface area is 130 Å². The minimum atomic E-state index is 0.0483. The smallest absolute Gasteiger partial charge is 0.136 e. The summed E-state index contributed by atoms with van der Waals surface area (Å²) in [5, 5.41) is 8.15. The summed E-state index contributed by atoms with van der Waals surface area (Å²) in [6.45, 7) is 9.22. The van der Waals surface area contributed by atoms with E-state index in [1.54, 1.807) is 0 Å². The molecule has 0 saturated carbocycles. The summed E-state index contributed by atoms with van der Waals surface area (Å²) < 4.78 is 9.97. The number of nitrogens with zero attached hydrogens (tertiary/aromatic N) is 2. The molecular formula is C16H23N3OS. The van der Waals surface area contributed by atoms with Crippen LogP contribution in [0, 0.1) is 0 Å². The number of hydrogen-bond acceptors (Lipinski definition) is 5. The lowest BCUT2D eigenvalue weighted by atomic mass is 9.85. The maximum Gasteiger partial charge on any atom is 0.136 e. The highest BCUT2D eigenvalue weighted by molar-refractivity contribution is 7.10. The van der Waals surface area contributed by atoms with E-state index in [2.05, 4.69) is 60.8 Å². The van der Waals surface area contributed by atoms with Gasteiger partial charge >= 0.3 is 0 Å². The van der Waals surface area contributed by atoms with E-state index in [9.17, 15) is 0 Å². The first kappa shape index (κ1) is 15.8. The maximum atomic E-state index is 6.01. The van der Waals surface area contributed by atoms with Crippen molar-refractivity contribution < 1.29 is 4.74 Å². The number of nitrogens with one attached hydrogen (secondary N) is 1. The lowest BCUT2D eigenvalue weighted by Crippen LogP contribution is -2.14. The number of ether oxygens (including phenoxy) is 1. The van der Waals surface area contributed by atoms with E-state index in [0.29, 0.717) is 6.61 Å². The first-order valence-electron chi connectivity index (χ1n) is 7.21. The molecule has 0 bridgehead atoms. The Bertz CT molecular complexity index is 602. The second-order valence-electron chi connectivity index (χ2n) is 6.02. The predicted molar refractivity (Wildman–Crippen MR) is 88.3 cm³/mol. The molecule has 0 saturated heterocycles. The molecule has 0 unspecified atom stereocenters. The molecular weight excluding hydrogens is 282 g/mol. The Morgan fingerprint density at radius 1 is 1.29 bits per heavy atom. The zero-order valence-corrected chi connectivity index (χ0v) is 14.2. The van der Waals surface area contributed by atoms with Crippen LogP contribution in [0.5, 0.6) is 5.75 Å². The number of aryl methyl sites for hydroxylation is 1. The zero-order valence-electron chi connectivity index (χ0n) is 13.4. The molecule has 0 aliphatic rings. The van der Waals surface area contributed by atoms with Gasteiger partial charge in [-0.25, -0.2) is 0 Å². The Hall–Kier alpha value is -1.62. The quantitative estimate of drug-likeness (QED) is 0.906. The van der Waals surface area contributed by atoms with E-state index in [0.717, 1.165) is 22.9 Å². The van der Waals surface area contributed by atoms with Crippen molar-refractivity contribution in [1.29, 1.82) is 0 Å². The van der Waals surface area contributed by atoms with Gasteiger partial charge in [-0.15, -0.1) is 5.10 Å². The van der Waals surface area contributed by atoms with E-state index in [4.69, 9.17) is 4.74 Å². The van der Waals surface area contributed by atoms with Crippen molar-refractivity contribution in [3.8, 4) is 5.75 Å². The van der Waals surface area contributed by atoms with Gasteiger partial charge in [-0.1, -0.05) is 44.3 Å². The van der Waals surface area contributed by atoms with Gasteiger partial charge in [-0.3, -0.25) is 0 Å². The highest BCUT2D eigenvalue weighted by atomic mass is 32.1. The number of aromatic nitrogens is 2. The zero-order chi connectivity index (χ0) is 15.5. The first-order valence-corrected chi connectivity index (χ1v) is 7.98. The van der Waals surface area contributed by atoms with Crippen molar-refractivity contribution in [2.45, 2.75) is 46.1 Å². The minimum absolute atomic E-state index is 0.0483. The van der Waals surface area contributed by atoms with Crippen LogP contribution >= 0.6 is 11.5 Å². The molecule has 114 valence electrons. The average Bonchev–Trinajstić information content (AvgIpc) is 2.91. The predicted octanol–water partition coefficient (Wildman–Crippen LogP) is 4.02. The van der Waals surface area contributed by atoms with E-state index in [-0.39, 0.29) is 5.41 Å². The molecule has 4 nitrogen and oxygen atoms in total. The van der Waals surface area contributed by atoms with Gasteiger partial charge in [0.15, 0.2) is 0 Å². The van der Waals surface area contributed by atoms with Crippen LogP contribution < -0.4 is 10.1 Å². The monoisotopic (exact) mass is 305 g/mol. The molecule has 1 aromatic heterocycles. The van der Waals surface area contributed by atoms with Gasteiger partial charge in [0.2, 0.25) is 0 Å². The van der Waals surface area contributed by atoms with E-state index >= 15 is 0 Å². The van der Waals surface area contributed by atoms with Gasteiger partial charge in [0.1, 0.15) is 23.1 Å². The van der Waals surface area contributed by atoms with E-state index in [1.807, 2.05) is 7.05 Å². The third kappa shape index (κ3) is 3.73. The van der Waals surface area contributed by atoms with Gasteiger partial charge in [0, 0.05) is 18.6 Å². The summed E-state index contributed by atoms with van der Waals surface area (Å²) >= 11 is 1.35. The molecule has 5 heteroatoms. The van der Waals surface area contributed by atoms with Gasteiger partial charge in [0.25, 0.3) is 0 Å². The number of rotatable bonds is 5. The lowest BCUT2D eigenvalue weighted by molar-refractivity contribution is 0.293. The third-order valence-corrected chi connectivity index (χ3v) is 4.19. The van der Waals surface area contributed by atoms with Crippen LogP contribution in [0.15, 0.2) is 18.2 Å². The van der Waals surface area contributed by atoms with E-state index in [1.165, 1.54) is 22.7 Å². The van der Waals surface area contributed by atoms with Gasteiger partial charge in [-0.2, -0.15) is 0 Å². The van der Waals surface area contributed by atoms with Crippen LogP contribution in [-0.2, 0) is 18.4 Å². The summed E-state index contributed by atoms with van der Waals surface area (Å²) in [7, 11) is 1.87. The molecule has 0 atom stereocenters. The highest BCUT2D eigenvalue weighted by Crippen LogP contribution is 2.33. The molecule has 0 aliphatic carbocycles. The van der Waals surface area contributed by atoms with Crippen molar-refractivity contribution in [1.82, 2.24) is 9.59 Å². The van der Waals surface area contributed by atoms with E-state index < -0.39 is 0 Å². The van der Waals surface area contributed by atoms with Crippen molar-refractivity contribution in [3.63, 3.8) is 0 Å². The molecule has 2 rings (SSSR count). The SMILES string of the molecule is CCc1ccc(OCc2nnsc2NC)c(C(C)(C)C)c1. The molecule has 21 heavy (non-hydrogen) atoms. The summed E-state index contributed by atoms with van der Waals surface area (Å²) in [5.41, 5.74) is 3.46. The summed E-state index contributed by atoms with van der Waals surface area (Å²) in [6, 6.07) is 6.44. The van der Waals surface area contributed by atoms with Gasteiger partial charge in [0.05, 0.1) is 0 Å². The summed E-state index contributed by atoms with van der Waals surface area (Å²) in [5.74, 6) is 0.926. The summed E-state index contributed by atoms with van der Waals surface area (Å²) in [4.78, 5) is 0. The maximum absolute atomic E-state index is 6.01. The fourth-order valence-corrected chi connectivity index (χ4v) is 2.67. The number of anilines is 1. The number of benzene rings is 1. The standard InChI is InChI=1S/C16H23N3OS/c1-6-11-7-8-14(12(9-11)16(2,3)4)20-10-13-15(17-5)21-19-18-13/h7-9,17H,6,10H2,1-5H3. The van der Waals surface area contributed by atoms with Crippen molar-refractivity contribution in [2.24, 2.45) is 0 Å². The van der Waals surface area contributed by atoms with Crippen molar-refractivity contribution in [3.05, 3.63) is 35.0 Å². The van der Waals surface area contributed by atoms with Gasteiger partial charge < -0.3 is 10.1 Å². The van der Waals surface area contributed by atoms with Crippen LogP contribution in [0.1, 0.15) is 44.5 Å². The molecule has 0 fully saturated rings. The molecule has 0 spiro atoms. The Morgan fingerprint density at radius 3 is 2.67 bits per heavy atom. The van der Waals surface area contributed by atoms with Crippen LogP contribution in [-0.4, -0.2) is 16.6 Å². The first-order chi connectivity index (χ1) is 9.95. The fourth-order valence-electron chi connectivity index (χ4n) is 2.15. The minimum Gasteiger partial charge on any atom is -0.487 e. The highest BCUT2D eigenvalue weighted by Gasteiger charge is 2.20. The molecule has 0 aliphatic heterocycles. The molecule has 0 radical (unpaired) electrons. The topological polar surface area (TPSA) is 47.0 Å². The Morgan fingerprint density at radius 2 is 2.05 bits per heavy atom. The average molecular weight is 305 g/mol. The van der Waals surface area contributed by atoms with Crippen molar-refractivity contribution in [2.75, 3.05) is 12.4 Å². The molecule has 2 aromatic rings. The van der Waals surface area contributed by atoms with Crippen molar-refractivity contribution >= 4 is 16.5 Å². The normalized spacial score (nSPS) is 11.5. The van der Waals surface area contributed by atoms with Crippen LogP contribution in [0.3, 0.4) is 0 Å². The summed E-state index contributed by atoms with van der Waals surface area (Å²) in [6.07, 6.45) is 1.03. The fraction of sp³-hybridized carbons (Fsp3) is 0.500. The molecule has 1 N–H and O–H groups in total. The molecule has 1 heterocycles.